The molecule has 3 rings (SSSR count). The highest BCUT2D eigenvalue weighted by Gasteiger charge is 2.41. The number of likely N-dealkylation sites (tertiary alicyclic amines) is 1. The number of primary amides is 2. The molecule has 0 aromatic heterocycles. The van der Waals surface area contributed by atoms with Crippen LogP contribution in [0.1, 0.15) is 85.6 Å². The molecule has 24 heteroatoms. The van der Waals surface area contributed by atoms with Crippen molar-refractivity contribution >= 4 is 80.7 Å². The van der Waals surface area contributed by atoms with Crippen LogP contribution < -0.4 is 54.4 Å². The quantitative estimate of drug-likeness (QED) is 0.0813. The molecule has 10 amide bonds. The number of benzene rings is 1. The Balaban J connectivity index is 2.04. The van der Waals surface area contributed by atoms with Gasteiger partial charge in [-0.1, -0.05) is 81.7 Å². The SMILES string of the molecule is CC[C@H](C)[C@@H]1NC(=O)[C@H](Cc2ccc(O)cc2)NC(=O)[C@@H](N)CSSC[C@@H](C(=O)N2CCC[C@H]2C(=O)N[C@@H](CC(C)C)C(=O)NCC(N)=O)NC(=O)[C@H](CC(N)=O)NC(=O)[C@H](CC(C)C)NC1=O. The summed E-state index contributed by atoms with van der Waals surface area (Å²) in [6.07, 6.45) is 0.486. The van der Waals surface area contributed by atoms with Crippen LogP contribution in [0.4, 0.5) is 0 Å². The first-order valence-electron chi connectivity index (χ1n) is 22.8. The van der Waals surface area contributed by atoms with Crippen molar-refractivity contribution in [3.63, 3.8) is 0 Å². The van der Waals surface area contributed by atoms with Crippen molar-refractivity contribution in [2.45, 2.75) is 135 Å². The number of hydrogen-bond donors (Lipinski definition) is 11. The summed E-state index contributed by atoms with van der Waals surface area (Å²) in [6.45, 7) is 10.4. The second kappa shape index (κ2) is 27.4. The molecule has 2 saturated heterocycles. The van der Waals surface area contributed by atoms with Crippen molar-refractivity contribution in [1.29, 1.82) is 0 Å². The molecule has 0 radical (unpaired) electrons. The molecule has 22 nitrogen and oxygen atoms in total. The predicted octanol–water partition coefficient (Wildman–Crippen LogP) is -1.83. The second-order valence-electron chi connectivity index (χ2n) is 18.0. The van der Waals surface area contributed by atoms with Gasteiger partial charge in [0.05, 0.1) is 19.0 Å². The highest BCUT2D eigenvalue weighted by atomic mass is 33.1. The summed E-state index contributed by atoms with van der Waals surface area (Å²) < 4.78 is 0. The Morgan fingerprint density at radius 3 is 1.99 bits per heavy atom. The number of amides is 10. The number of hydrogen-bond acceptors (Lipinski definition) is 14. The van der Waals surface area contributed by atoms with Gasteiger partial charge in [-0.3, -0.25) is 47.9 Å². The van der Waals surface area contributed by atoms with Crippen molar-refractivity contribution in [3.05, 3.63) is 29.8 Å². The van der Waals surface area contributed by atoms with Crippen molar-refractivity contribution in [1.82, 2.24) is 42.1 Å². The zero-order valence-electron chi connectivity index (χ0n) is 39.5. The van der Waals surface area contributed by atoms with Gasteiger partial charge in [0.1, 0.15) is 48.0 Å². The number of nitrogens with two attached hydrogens (primary N) is 3. The van der Waals surface area contributed by atoms with Gasteiger partial charge in [0.25, 0.3) is 0 Å². The van der Waals surface area contributed by atoms with Crippen LogP contribution in [0.25, 0.3) is 0 Å². The van der Waals surface area contributed by atoms with Crippen LogP contribution in [0.15, 0.2) is 24.3 Å². The Hall–Kier alpha value is -5.62. The van der Waals surface area contributed by atoms with Crippen LogP contribution in [-0.2, 0) is 54.4 Å². The topological polar surface area (TPSA) is 356 Å². The van der Waals surface area contributed by atoms with Crippen molar-refractivity contribution < 1.29 is 53.1 Å². The monoisotopic (exact) mass is 991 g/mol. The van der Waals surface area contributed by atoms with E-state index < -0.39 is 126 Å². The Kier molecular flexibility index (Phi) is 22.8. The molecule has 1 aromatic rings. The first kappa shape index (κ1) is 56.7. The molecule has 68 heavy (non-hydrogen) atoms. The summed E-state index contributed by atoms with van der Waals surface area (Å²) in [5.41, 5.74) is 17.6. The number of phenolic OH excluding ortho intramolecular Hbond substituents is 1. The van der Waals surface area contributed by atoms with Gasteiger partial charge in [0.2, 0.25) is 59.1 Å². The van der Waals surface area contributed by atoms with Gasteiger partial charge in [-0.25, -0.2) is 0 Å². The van der Waals surface area contributed by atoms with Crippen LogP contribution in [-0.4, -0.2) is 142 Å². The number of carbonyl (C=O) groups is 10. The predicted molar refractivity (Wildman–Crippen MR) is 255 cm³/mol. The van der Waals surface area contributed by atoms with E-state index in [0.29, 0.717) is 18.4 Å². The van der Waals surface area contributed by atoms with Crippen LogP contribution >= 0.6 is 21.6 Å². The zero-order chi connectivity index (χ0) is 50.8. The normalized spacial score (nSPS) is 24.6. The number of phenols is 1. The number of aromatic hydroxyl groups is 1. The minimum absolute atomic E-state index is 0.0189. The molecule has 378 valence electrons. The fourth-order valence-corrected chi connectivity index (χ4v) is 9.77. The zero-order valence-corrected chi connectivity index (χ0v) is 41.1. The van der Waals surface area contributed by atoms with Gasteiger partial charge >= 0.3 is 0 Å². The Morgan fingerprint density at radius 1 is 0.779 bits per heavy atom. The van der Waals surface area contributed by atoms with E-state index in [0.717, 1.165) is 21.6 Å². The molecular formula is C44H69N11O11S2. The Morgan fingerprint density at radius 2 is 1.38 bits per heavy atom. The Bertz CT molecular complexity index is 1980. The largest absolute Gasteiger partial charge is 0.508 e. The van der Waals surface area contributed by atoms with Gasteiger partial charge in [-0.2, -0.15) is 0 Å². The maximum Gasteiger partial charge on any atom is 0.246 e. The van der Waals surface area contributed by atoms with Crippen LogP contribution in [0, 0.1) is 17.8 Å². The fraction of sp³-hybridized carbons (Fsp3) is 0.636. The number of nitrogens with one attached hydrogen (secondary N) is 7. The summed E-state index contributed by atoms with van der Waals surface area (Å²) in [5, 5.41) is 28.3. The molecule has 2 aliphatic rings. The highest BCUT2D eigenvalue weighted by molar-refractivity contribution is 8.76. The van der Waals surface area contributed by atoms with Gasteiger partial charge in [-0.05, 0) is 61.1 Å². The van der Waals surface area contributed by atoms with E-state index in [9.17, 15) is 53.1 Å². The van der Waals surface area contributed by atoms with Crippen molar-refractivity contribution in [2.24, 2.45) is 35.0 Å². The van der Waals surface area contributed by atoms with Crippen molar-refractivity contribution in [2.75, 3.05) is 24.6 Å². The summed E-state index contributed by atoms with van der Waals surface area (Å²) in [5.74, 6) is -8.78. The van der Waals surface area contributed by atoms with Crippen molar-refractivity contribution in [3.8, 4) is 5.75 Å². The third kappa shape index (κ3) is 18.1. The molecule has 1 aromatic carbocycles. The van der Waals surface area contributed by atoms with Gasteiger partial charge in [-0.15, -0.1) is 0 Å². The van der Waals surface area contributed by atoms with E-state index >= 15 is 0 Å². The van der Waals surface area contributed by atoms with E-state index in [-0.39, 0.29) is 61.3 Å². The van der Waals surface area contributed by atoms with Gasteiger partial charge < -0.3 is 64.4 Å². The average Bonchev–Trinajstić information content (AvgIpc) is 3.77. The number of nitrogens with zero attached hydrogens (tertiary/aromatic N) is 1. The molecule has 2 heterocycles. The third-order valence-corrected chi connectivity index (χ3v) is 13.8. The van der Waals surface area contributed by atoms with E-state index in [4.69, 9.17) is 17.2 Å². The molecule has 0 bridgehead atoms. The molecule has 9 atom stereocenters. The molecule has 0 aliphatic carbocycles. The standard InChI is InChI=1S/C44H69N11O11S2/c1-7-24(6)36-43(65)52-29(16-23(4)5)39(61)50-31(18-34(46)57)40(62)53-32(21-68-67-20-27(45)37(59)49-30(41(63)54-36)17-25-10-12-26(56)13-11-25)44(66)55-14-8-9-33(55)42(64)51-28(15-22(2)3)38(60)48-19-35(47)58/h10-13,22-24,27-33,36,56H,7-9,14-21,45H2,1-6H3,(H2,46,57)(H2,47,58)(H,48,60)(H,49,59)(H,50,61)(H,51,64)(H,52,65)(H,53,62)(H,54,63)/t24-,27-,28-,29-,30-,31-,32-,33-,36-/m0/s1. The lowest BCUT2D eigenvalue weighted by Crippen LogP contribution is -2.61. The Labute approximate surface area is 404 Å². The third-order valence-electron chi connectivity index (χ3n) is 11.3. The van der Waals surface area contributed by atoms with E-state index in [1.807, 2.05) is 13.8 Å². The summed E-state index contributed by atoms with van der Waals surface area (Å²) >= 11 is 0. The molecule has 0 saturated carbocycles. The lowest BCUT2D eigenvalue weighted by molar-refractivity contribution is -0.142. The lowest BCUT2D eigenvalue weighted by atomic mass is 9.95. The smallest absolute Gasteiger partial charge is 0.246 e. The minimum atomic E-state index is -1.64. The summed E-state index contributed by atoms with van der Waals surface area (Å²) in [4.78, 5) is 136. The second-order valence-corrected chi connectivity index (χ2v) is 20.6. The van der Waals surface area contributed by atoms with E-state index in [2.05, 4.69) is 37.2 Å². The number of rotatable bonds is 16. The van der Waals surface area contributed by atoms with Gasteiger partial charge in [0.15, 0.2) is 0 Å². The lowest BCUT2D eigenvalue weighted by Gasteiger charge is -2.31. The minimum Gasteiger partial charge on any atom is -0.508 e. The molecule has 0 unspecified atom stereocenters. The van der Waals surface area contributed by atoms with Crippen LogP contribution in [0.2, 0.25) is 0 Å². The summed E-state index contributed by atoms with van der Waals surface area (Å²) in [6, 6.07) is -4.18. The molecule has 2 fully saturated rings. The van der Waals surface area contributed by atoms with E-state index in [1.165, 1.54) is 17.0 Å². The van der Waals surface area contributed by atoms with Crippen LogP contribution in [0.5, 0.6) is 5.75 Å². The maximum atomic E-state index is 14.5. The van der Waals surface area contributed by atoms with E-state index in [1.54, 1.807) is 39.8 Å². The first-order valence-corrected chi connectivity index (χ1v) is 25.2. The molecular weight excluding hydrogens is 923 g/mol. The molecule has 0 spiro atoms. The van der Waals surface area contributed by atoms with Crippen LogP contribution in [0.3, 0.4) is 0 Å². The summed E-state index contributed by atoms with van der Waals surface area (Å²) in [7, 11) is 2.12. The first-order chi connectivity index (χ1) is 32.0. The number of carbonyl (C=O) groups excluding carboxylic acids is 10. The average molecular weight is 992 g/mol. The van der Waals surface area contributed by atoms with Gasteiger partial charge in [0, 0.05) is 24.5 Å². The fourth-order valence-electron chi connectivity index (χ4n) is 7.49. The molecule has 14 N–H and O–H groups in total. The molecule has 2 aliphatic heterocycles. The maximum absolute atomic E-state index is 14.5. The highest BCUT2D eigenvalue weighted by Crippen LogP contribution is 2.26.